The highest BCUT2D eigenvalue weighted by Crippen LogP contribution is 2.32. The topological polar surface area (TPSA) is 62.6 Å². The molecule has 0 radical (unpaired) electrons. The fraction of sp³-hybridized carbons (Fsp3) is 0.250. The van der Waals surface area contributed by atoms with Crippen LogP contribution in [-0.4, -0.2) is 18.4 Å². The zero-order valence-electron chi connectivity index (χ0n) is 16.4. The average molecular weight is 388 g/mol. The highest BCUT2D eigenvalue weighted by Gasteiger charge is 2.26. The molecule has 5 nitrogen and oxygen atoms in total. The van der Waals surface area contributed by atoms with Gasteiger partial charge in [0.05, 0.1) is 11.8 Å². The summed E-state index contributed by atoms with van der Waals surface area (Å²) < 4.78 is 5.02. The molecule has 0 fully saturated rings. The van der Waals surface area contributed by atoms with Crippen LogP contribution in [0.25, 0.3) is 0 Å². The van der Waals surface area contributed by atoms with Gasteiger partial charge >= 0.3 is 0 Å². The van der Waals surface area contributed by atoms with Crippen LogP contribution in [0.2, 0.25) is 0 Å². The van der Waals surface area contributed by atoms with Crippen molar-refractivity contribution in [1.82, 2.24) is 0 Å². The van der Waals surface area contributed by atoms with E-state index in [-0.39, 0.29) is 17.7 Å². The summed E-state index contributed by atoms with van der Waals surface area (Å²) in [7, 11) is 0. The Morgan fingerprint density at radius 1 is 1.14 bits per heavy atom. The Kier molecular flexibility index (Phi) is 5.47. The van der Waals surface area contributed by atoms with Gasteiger partial charge in [0.1, 0.15) is 6.26 Å². The molecule has 0 saturated heterocycles. The van der Waals surface area contributed by atoms with E-state index < -0.39 is 0 Å². The van der Waals surface area contributed by atoms with Gasteiger partial charge in [-0.3, -0.25) is 9.59 Å². The first-order valence-electron chi connectivity index (χ1n) is 9.97. The first-order chi connectivity index (χ1) is 14.2. The van der Waals surface area contributed by atoms with Gasteiger partial charge in [0.15, 0.2) is 0 Å². The molecule has 1 atom stereocenters. The fourth-order valence-corrected chi connectivity index (χ4v) is 3.89. The van der Waals surface area contributed by atoms with Crippen LogP contribution in [0.5, 0.6) is 0 Å². The van der Waals surface area contributed by atoms with Crippen molar-refractivity contribution < 1.29 is 14.0 Å². The average Bonchev–Trinajstić information content (AvgIpc) is 3.42. The summed E-state index contributed by atoms with van der Waals surface area (Å²) in [5.74, 6) is 0.140. The Labute approximate surface area is 170 Å². The molecule has 2 aromatic carbocycles. The number of nitrogens with one attached hydrogen (secondary N) is 1. The number of anilines is 2. The Bertz CT molecular complexity index is 996. The third-order valence-electron chi connectivity index (χ3n) is 5.47. The molecule has 2 heterocycles. The molecular weight excluding hydrogens is 364 g/mol. The minimum absolute atomic E-state index is 0.00461. The smallest absolute Gasteiger partial charge is 0.261 e. The maximum Gasteiger partial charge on any atom is 0.261 e. The summed E-state index contributed by atoms with van der Waals surface area (Å²) in [6.07, 6.45) is 5.09. The minimum Gasteiger partial charge on any atom is -0.472 e. The fourth-order valence-electron chi connectivity index (χ4n) is 3.89. The van der Waals surface area contributed by atoms with Crippen LogP contribution in [0.1, 0.15) is 47.2 Å². The quantitative estimate of drug-likeness (QED) is 0.646. The van der Waals surface area contributed by atoms with Crippen LogP contribution >= 0.6 is 0 Å². The zero-order chi connectivity index (χ0) is 20.2. The van der Waals surface area contributed by atoms with E-state index in [2.05, 4.69) is 24.4 Å². The third-order valence-corrected chi connectivity index (χ3v) is 5.47. The van der Waals surface area contributed by atoms with Crippen LogP contribution in [0.4, 0.5) is 11.4 Å². The van der Waals surface area contributed by atoms with Crippen molar-refractivity contribution in [3.8, 4) is 0 Å². The molecule has 2 amide bonds. The maximum atomic E-state index is 12.6. The highest BCUT2D eigenvalue weighted by molar-refractivity contribution is 6.07. The van der Waals surface area contributed by atoms with E-state index in [4.69, 9.17) is 4.42 Å². The van der Waals surface area contributed by atoms with Gasteiger partial charge in [0, 0.05) is 24.3 Å². The van der Waals surface area contributed by atoms with Crippen LogP contribution in [0.3, 0.4) is 0 Å². The number of benzene rings is 2. The molecule has 1 N–H and O–H groups in total. The van der Waals surface area contributed by atoms with Gasteiger partial charge in [-0.25, -0.2) is 0 Å². The summed E-state index contributed by atoms with van der Waals surface area (Å²) in [4.78, 5) is 27.0. The van der Waals surface area contributed by atoms with Crippen molar-refractivity contribution in [2.45, 2.75) is 32.1 Å². The van der Waals surface area contributed by atoms with Crippen molar-refractivity contribution in [2.24, 2.45) is 0 Å². The maximum absolute atomic E-state index is 12.6. The lowest BCUT2D eigenvalue weighted by atomic mass is 9.93. The summed E-state index contributed by atoms with van der Waals surface area (Å²) in [6, 6.07) is 17.6. The predicted octanol–water partition coefficient (Wildman–Crippen LogP) is 5.00. The number of furan rings is 1. The lowest BCUT2D eigenvalue weighted by Crippen LogP contribution is -2.28. The van der Waals surface area contributed by atoms with Crippen molar-refractivity contribution in [3.63, 3.8) is 0 Å². The van der Waals surface area contributed by atoms with E-state index in [1.807, 2.05) is 36.4 Å². The lowest BCUT2D eigenvalue weighted by Gasteiger charge is -2.17. The standard InChI is InChI=1S/C24H24N2O3/c1-2-17(18-6-4-3-5-7-18)15-23(27)25-21-8-9-22-19(14-21)10-12-26(22)24(28)20-11-13-29-16-20/h3-9,11,13-14,16-17H,2,10,12,15H2,1H3,(H,25,27). The van der Waals surface area contributed by atoms with Crippen LogP contribution in [0.15, 0.2) is 71.5 Å². The predicted molar refractivity (Wildman–Crippen MR) is 113 cm³/mol. The normalized spacial score (nSPS) is 13.8. The van der Waals surface area contributed by atoms with Crippen LogP contribution < -0.4 is 10.2 Å². The number of hydrogen-bond acceptors (Lipinski definition) is 3. The number of rotatable bonds is 6. The number of carbonyl (C=O) groups is 2. The second-order valence-corrected chi connectivity index (χ2v) is 7.33. The van der Waals surface area contributed by atoms with Crippen LogP contribution in [-0.2, 0) is 11.2 Å². The molecule has 29 heavy (non-hydrogen) atoms. The summed E-state index contributed by atoms with van der Waals surface area (Å²) in [5, 5.41) is 3.02. The van der Waals surface area contributed by atoms with E-state index in [1.54, 1.807) is 11.0 Å². The van der Waals surface area contributed by atoms with E-state index >= 15 is 0 Å². The van der Waals surface area contributed by atoms with Gasteiger partial charge in [-0.1, -0.05) is 37.3 Å². The van der Waals surface area contributed by atoms with Gasteiger partial charge in [0.25, 0.3) is 5.91 Å². The number of carbonyl (C=O) groups excluding carboxylic acids is 2. The van der Waals surface area contributed by atoms with Crippen molar-refractivity contribution in [1.29, 1.82) is 0 Å². The molecule has 0 saturated carbocycles. The molecular formula is C24H24N2O3. The monoisotopic (exact) mass is 388 g/mol. The first kappa shape index (κ1) is 19.0. The van der Waals surface area contributed by atoms with Gasteiger partial charge in [0.2, 0.25) is 5.91 Å². The molecule has 5 heteroatoms. The van der Waals surface area contributed by atoms with E-state index in [0.717, 1.165) is 29.8 Å². The molecule has 148 valence electrons. The summed E-state index contributed by atoms with van der Waals surface area (Å²) in [6.45, 7) is 2.73. The molecule has 1 unspecified atom stereocenters. The molecule has 1 aromatic heterocycles. The van der Waals surface area contributed by atoms with Crippen molar-refractivity contribution >= 4 is 23.2 Å². The molecule has 1 aliphatic heterocycles. The molecule has 1 aliphatic rings. The highest BCUT2D eigenvalue weighted by atomic mass is 16.3. The van der Waals surface area contributed by atoms with Gasteiger partial charge in [-0.15, -0.1) is 0 Å². The Balaban J connectivity index is 1.43. The summed E-state index contributed by atoms with van der Waals surface area (Å²) >= 11 is 0. The molecule has 4 rings (SSSR count). The Morgan fingerprint density at radius 2 is 1.97 bits per heavy atom. The van der Waals surface area contributed by atoms with Gasteiger partial charge in [-0.05, 0) is 54.2 Å². The first-order valence-corrected chi connectivity index (χ1v) is 9.97. The van der Waals surface area contributed by atoms with Crippen molar-refractivity contribution in [3.05, 3.63) is 83.8 Å². The number of nitrogens with zero attached hydrogens (tertiary/aromatic N) is 1. The van der Waals surface area contributed by atoms with E-state index in [0.29, 0.717) is 18.5 Å². The van der Waals surface area contributed by atoms with Gasteiger partial charge < -0.3 is 14.6 Å². The van der Waals surface area contributed by atoms with E-state index in [1.165, 1.54) is 18.1 Å². The Morgan fingerprint density at radius 3 is 2.69 bits per heavy atom. The number of fused-ring (bicyclic) bond motifs is 1. The lowest BCUT2D eigenvalue weighted by molar-refractivity contribution is -0.116. The third kappa shape index (κ3) is 4.09. The second kappa shape index (κ2) is 8.35. The minimum atomic E-state index is -0.0667. The SMILES string of the molecule is CCC(CC(=O)Nc1ccc2c(c1)CCN2C(=O)c1ccoc1)c1ccccc1. The zero-order valence-corrected chi connectivity index (χ0v) is 16.4. The molecule has 0 aliphatic carbocycles. The Hall–Kier alpha value is -3.34. The molecule has 0 spiro atoms. The van der Waals surface area contributed by atoms with Crippen LogP contribution in [0, 0.1) is 0 Å². The second-order valence-electron chi connectivity index (χ2n) is 7.33. The molecule has 3 aromatic rings. The number of amides is 2. The largest absolute Gasteiger partial charge is 0.472 e. The summed E-state index contributed by atoms with van der Waals surface area (Å²) in [5.41, 5.74) is 4.46. The number of hydrogen-bond donors (Lipinski definition) is 1. The van der Waals surface area contributed by atoms with E-state index in [9.17, 15) is 9.59 Å². The van der Waals surface area contributed by atoms with Crippen molar-refractivity contribution in [2.75, 3.05) is 16.8 Å². The van der Waals surface area contributed by atoms with Gasteiger partial charge in [-0.2, -0.15) is 0 Å². The molecule has 0 bridgehead atoms.